The van der Waals surface area contributed by atoms with E-state index in [-0.39, 0.29) is 5.91 Å². The minimum Gasteiger partial charge on any atom is -0.395 e. The zero-order valence-corrected chi connectivity index (χ0v) is 16.5. The quantitative estimate of drug-likeness (QED) is 0.750. The maximum Gasteiger partial charge on any atom is 0.255 e. The molecule has 3 aromatic rings. The summed E-state index contributed by atoms with van der Waals surface area (Å²) in [4.78, 5) is 19.8. The number of likely N-dealkylation sites (tertiary alicyclic amines) is 1. The molecule has 2 aromatic heterocycles. The van der Waals surface area contributed by atoms with Crippen LogP contribution in [-0.2, 0) is 6.42 Å². The number of anilines is 1. The van der Waals surface area contributed by atoms with Crippen LogP contribution in [0.4, 0.5) is 5.69 Å². The lowest BCUT2D eigenvalue weighted by Crippen LogP contribution is -2.29. The van der Waals surface area contributed by atoms with Gasteiger partial charge in [-0.3, -0.25) is 4.79 Å². The average molecular weight is 374 g/mol. The van der Waals surface area contributed by atoms with E-state index in [1.165, 1.54) is 0 Å². The standard InChI is InChI=1S/C23H26N4O/c1-16-17(2)27-15-20(23(28)26-13-6-7-14-26)19(21(24)22(27)25-16)12-8-11-18-9-4-3-5-10-18/h3-5,8-11,15H,6-7,12-14,24H2,1-2H3/b11-8+. The molecule has 1 amide bonds. The molecular weight excluding hydrogens is 348 g/mol. The van der Waals surface area contributed by atoms with E-state index in [0.717, 1.165) is 54.1 Å². The Kier molecular flexibility index (Phi) is 4.90. The highest BCUT2D eigenvalue weighted by atomic mass is 16.2. The molecule has 1 aliphatic heterocycles. The predicted octanol–water partition coefficient (Wildman–Crippen LogP) is 4.03. The Morgan fingerprint density at radius 1 is 1.18 bits per heavy atom. The van der Waals surface area contributed by atoms with Crippen LogP contribution >= 0.6 is 0 Å². The molecule has 0 unspecified atom stereocenters. The second-order valence-electron chi connectivity index (χ2n) is 7.43. The zero-order chi connectivity index (χ0) is 19.7. The maximum atomic E-state index is 13.2. The van der Waals surface area contributed by atoms with Crippen molar-refractivity contribution in [2.45, 2.75) is 33.1 Å². The summed E-state index contributed by atoms with van der Waals surface area (Å²) in [5.41, 5.74) is 12.5. The lowest BCUT2D eigenvalue weighted by molar-refractivity contribution is 0.0791. The number of benzene rings is 1. The van der Waals surface area contributed by atoms with Crippen molar-refractivity contribution in [3.8, 4) is 0 Å². The van der Waals surface area contributed by atoms with Gasteiger partial charge in [0.1, 0.15) is 0 Å². The molecule has 1 aromatic carbocycles. The van der Waals surface area contributed by atoms with Crippen LogP contribution < -0.4 is 5.73 Å². The Balaban J connectivity index is 1.77. The van der Waals surface area contributed by atoms with Gasteiger partial charge >= 0.3 is 0 Å². The van der Waals surface area contributed by atoms with Crippen molar-refractivity contribution in [1.29, 1.82) is 0 Å². The van der Waals surface area contributed by atoms with Crippen molar-refractivity contribution in [3.63, 3.8) is 0 Å². The summed E-state index contributed by atoms with van der Waals surface area (Å²) in [6, 6.07) is 10.1. The van der Waals surface area contributed by atoms with E-state index in [2.05, 4.69) is 29.3 Å². The molecule has 0 atom stereocenters. The van der Waals surface area contributed by atoms with Crippen molar-refractivity contribution in [3.05, 3.63) is 70.7 Å². The average Bonchev–Trinajstić information content (AvgIpc) is 3.34. The number of nitrogens with zero attached hydrogens (tertiary/aromatic N) is 3. The fourth-order valence-corrected chi connectivity index (χ4v) is 3.83. The molecule has 144 valence electrons. The van der Waals surface area contributed by atoms with Crippen molar-refractivity contribution >= 4 is 23.3 Å². The van der Waals surface area contributed by atoms with Crippen LogP contribution in [0.25, 0.3) is 11.7 Å². The molecule has 2 N–H and O–H groups in total. The van der Waals surface area contributed by atoms with Crippen molar-refractivity contribution in [2.24, 2.45) is 0 Å². The SMILES string of the molecule is Cc1nc2c(N)c(C/C=C/c3ccccc3)c(C(=O)N3CCCC3)cn2c1C. The lowest BCUT2D eigenvalue weighted by Gasteiger charge is -2.19. The van der Waals surface area contributed by atoms with E-state index < -0.39 is 0 Å². The van der Waals surface area contributed by atoms with Gasteiger partial charge in [0.25, 0.3) is 5.91 Å². The molecule has 4 rings (SSSR count). The third-order valence-electron chi connectivity index (χ3n) is 5.59. The number of rotatable bonds is 4. The number of nitrogens with two attached hydrogens (primary N) is 1. The van der Waals surface area contributed by atoms with Gasteiger partial charge in [-0.1, -0.05) is 42.5 Å². The largest absolute Gasteiger partial charge is 0.395 e. The third-order valence-corrected chi connectivity index (χ3v) is 5.59. The first kappa shape index (κ1) is 18.3. The van der Waals surface area contributed by atoms with Crippen LogP contribution in [0.15, 0.2) is 42.6 Å². The summed E-state index contributed by atoms with van der Waals surface area (Å²) in [7, 11) is 0. The molecule has 0 spiro atoms. The molecule has 28 heavy (non-hydrogen) atoms. The minimum absolute atomic E-state index is 0.0694. The predicted molar refractivity (Wildman–Crippen MR) is 113 cm³/mol. The molecule has 5 nitrogen and oxygen atoms in total. The number of hydrogen-bond acceptors (Lipinski definition) is 3. The molecule has 1 saturated heterocycles. The second-order valence-corrected chi connectivity index (χ2v) is 7.43. The van der Waals surface area contributed by atoms with Gasteiger partial charge in [-0.2, -0.15) is 0 Å². The van der Waals surface area contributed by atoms with Crippen molar-refractivity contribution < 1.29 is 4.79 Å². The number of aryl methyl sites for hydroxylation is 2. The highest BCUT2D eigenvalue weighted by Crippen LogP contribution is 2.28. The van der Waals surface area contributed by atoms with E-state index >= 15 is 0 Å². The molecule has 0 saturated carbocycles. The first-order chi connectivity index (χ1) is 13.6. The highest BCUT2D eigenvalue weighted by molar-refractivity contribution is 5.98. The van der Waals surface area contributed by atoms with Gasteiger partial charge in [0, 0.05) is 25.0 Å². The normalized spacial score (nSPS) is 14.4. The van der Waals surface area contributed by atoms with Gasteiger partial charge < -0.3 is 15.0 Å². The number of allylic oxidation sites excluding steroid dienone is 1. The Hall–Kier alpha value is -3.08. The Labute approximate surface area is 165 Å². The number of fused-ring (bicyclic) bond motifs is 1. The first-order valence-corrected chi connectivity index (χ1v) is 9.83. The van der Waals surface area contributed by atoms with Crippen molar-refractivity contribution in [1.82, 2.24) is 14.3 Å². The van der Waals surface area contributed by atoms with E-state index in [4.69, 9.17) is 5.73 Å². The van der Waals surface area contributed by atoms with Crippen LogP contribution in [-0.4, -0.2) is 33.3 Å². The topological polar surface area (TPSA) is 63.6 Å². The number of amides is 1. The summed E-state index contributed by atoms with van der Waals surface area (Å²) in [5, 5.41) is 0. The number of hydrogen-bond donors (Lipinski definition) is 1. The van der Waals surface area contributed by atoms with Gasteiger partial charge in [-0.15, -0.1) is 0 Å². The smallest absolute Gasteiger partial charge is 0.255 e. The van der Waals surface area contributed by atoms with Crippen LogP contribution in [0.3, 0.4) is 0 Å². The van der Waals surface area contributed by atoms with Gasteiger partial charge in [0.2, 0.25) is 0 Å². The molecule has 1 aliphatic rings. The van der Waals surface area contributed by atoms with Crippen LogP contribution in [0, 0.1) is 13.8 Å². The van der Waals surface area contributed by atoms with E-state index in [0.29, 0.717) is 17.7 Å². The number of aromatic nitrogens is 2. The third kappa shape index (κ3) is 3.28. The number of carbonyl (C=O) groups is 1. The Morgan fingerprint density at radius 2 is 1.89 bits per heavy atom. The number of imidazole rings is 1. The van der Waals surface area contributed by atoms with Gasteiger partial charge in [-0.25, -0.2) is 4.98 Å². The van der Waals surface area contributed by atoms with E-state index in [9.17, 15) is 4.79 Å². The van der Waals surface area contributed by atoms with Gasteiger partial charge in [0.15, 0.2) is 5.65 Å². The number of pyridine rings is 1. The summed E-state index contributed by atoms with van der Waals surface area (Å²) >= 11 is 0. The Bertz CT molecular complexity index is 1040. The van der Waals surface area contributed by atoms with Crippen LogP contribution in [0.1, 0.15) is 45.7 Å². The van der Waals surface area contributed by atoms with Crippen LogP contribution in [0.2, 0.25) is 0 Å². The summed E-state index contributed by atoms with van der Waals surface area (Å²) in [6.07, 6.45) is 8.78. The Morgan fingerprint density at radius 3 is 2.61 bits per heavy atom. The summed E-state index contributed by atoms with van der Waals surface area (Å²) in [5.74, 6) is 0.0694. The van der Waals surface area contributed by atoms with E-state index in [1.807, 2.05) is 47.5 Å². The monoisotopic (exact) mass is 374 g/mol. The number of carbonyl (C=O) groups excluding carboxylic acids is 1. The fourth-order valence-electron chi connectivity index (χ4n) is 3.83. The molecule has 5 heteroatoms. The first-order valence-electron chi connectivity index (χ1n) is 9.83. The number of nitrogen functional groups attached to an aromatic ring is 1. The fraction of sp³-hybridized carbons (Fsp3) is 0.304. The minimum atomic E-state index is 0.0694. The second kappa shape index (κ2) is 7.50. The van der Waals surface area contributed by atoms with Crippen molar-refractivity contribution in [2.75, 3.05) is 18.8 Å². The molecule has 0 bridgehead atoms. The molecule has 0 aliphatic carbocycles. The van der Waals surface area contributed by atoms with Gasteiger partial charge in [0.05, 0.1) is 16.9 Å². The lowest BCUT2D eigenvalue weighted by atomic mass is 10.0. The summed E-state index contributed by atoms with van der Waals surface area (Å²) in [6.45, 7) is 5.61. The van der Waals surface area contributed by atoms with Gasteiger partial charge in [-0.05, 0) is 44.2 Å². The molecule has 0 radical (unpaired) electrons. The molecule has 3 heterocycles. The highest BCUT2D eigenvalue weighted by Gasteiger charge is 2.25. The molecule has 1 fully saturated rings. The van der Waals surface area contributed by atoms with E-state index in [1.54, 1.807) is 0 Å². The summed E-state index contributed by atoms with van der Waals surface area (Å²) < 4.78 is 1.96. The maximum absolute atomic E-state index is 13.2. The van der Waals surface area contributed by atoms with Crippen LogP contribution in [0.5, 0.6) is 0 Å². The molecular formula is C23H26N4O. The zero-order valence-electron chi connectivity index (χ0n) is 16.5.